The average molecular weight is 525 g/mol. The fourth-order valence-corrected chi connectivity index (χ4v) is 6.02. The van der Waals surface area contributed by atoms with Crippen molar-refractivity contribution in [2.24, 2.45) is 0 Å². The predicted octanol–water partition coefficient (Wildman–Crippen LogP) is 7.91. The molecule has 2 heterocycles. The largest absolute Gasteiger partial charge is 0.487 e. The molecule has 0 fully saturated rings. The molecule has 1 atom stereocenters. The van der Waals surface area contributed by atoms with E-state index in [-0.39, 0.29) is 4.75 Å². The number of pyridine rings is 1. The molecule has 0 aliphatic rings. The third-order valence-corrected chi connectivity index (χ3v) is 7.77. The van der Waals surface area contributed by atoms with Gasteiger partial charge in [0.05, 0.1) is 11.2 Å². The van der Waals surface area contributed by atoms with Crippen LogP contribution in [0.25, 0.3) is 21.8 Å². The molecule has 0 aliphatic carbocycles. The van der Waals surface area contributed by atoms with Crippen LogP contribution in [0.2, 0.25) is 0 Å². The van der Waals surface area contributed by atoms with Crippen molar-refractivity contribution < 1.29 is 14.6 Å². The van der Waals surface area contributed by atoms with Gasteiger partial charge in [0, 0.05) is 37.2 Å². The highest BCUT2D eigenvalue weighted by Crippen LogP contribution is 2.45. The van der Waals surface area contributed by atoms with Crippen LogP contribution in [0.1, 0.15) is 49.2 Å². The van der Waals surface area contributed by atoms with Crippen molar-refractivity contribution in [3.63, 3.8) is 0 Å². The molecule has 0 saturated heterocycles. The van der Waals surface area contributed by atoms with Gasteiger partial charge in [-0.1, -0.05) is 75.4 Å². The standard InChI is InChI=1S/C32H32N2O3S/c1-20-27(37-19-23-15-14-22-12-8-9-13-25(22)33-23)17-16-26-28(20)30(38-32(2,3)4)29(34-26)24(31(35)36)18-21-10-6-5-7-11-21/h5-17,24,34H,18-19H2,1-4H3,(H,35,36). The number of aromatic amines is 1. The molecule has 2 N–H and O–H groups in total. The second-order valence-corrected chi connectivity index (χ2v) is 12.4. The van der Waals surface area contributed by atoms with Gasteiger partial charge < -0.3 is 14.8 Å². The SMILES string of the molecule is Cc1c(OCc2ccc3ccccc3n2)ccc2[nH]c(C(Cc3ccccc3)C(=O)O)c(SC(C)(C)C)c12. The molecule has 5 rings (SSSR count). The summed E-state index contributed by atoms with van der Waals surface area (Å²) in [5.74, 6) is -0.767. The molecule has 194 valence electrons. The van der Waals surface area contributed by atoms with E-state index < -0.39 is 11.9 Å². The summed E-state index contributed by atoms with van der Waals surface area (Å²) in [4.78, 5) is 21.7. The lowest BCUT2D eigenvalue weighted by Gasteiger charge is -2.21. The van der Waals surface area contributed by atoms with E-state index in [1.807, 2.05) is 79.7 Å². The molecule has 5 aromatic rings. The number of carboxylic acids is 1. The molecule has 1 unspecified atom stereocenters. The summed E-state index contributed by atoms with van der Waals surface area (Å²) in [5, 5.41) is 12.4. The van der Waals surface area contributed by atoms with Gasteiger partial charge in [0.1, 0.15) is 18.3 Å². The number of fused-ring (bicyclic) bond motifs is 2. The van der Waals surface area contributed by atoms with Crippen molar-refractivity contribution in [1.82, 2.24) is 9.97 Å². The fraction of sp³-hybridized carbons (Fsp3) is 0.250. The Kier molecular flexibility index (Phi) is 7.17. The number of H-pyrrole nitrogens is 1. The summed E-state index contributed by atoms with van der Waals surface area (Å²) >= 11 is 1.70. The maximum atomic E-state index is 12.5. The zero-order chi connectivity index (χ0) is 26.9. The van der Waals surface area contributed by atoms with Crippen LogP contribution in [-0.2, 0) is 17.8 Å². The summed E-state index contributed by atoms with van der Waals surface area (Å²) < 4.78 is 6.16. The first-order valence-electron chi connectivity index (χ1n) is 12.8. The minimum absolute atomic E-state index is 0.113. The van der Waals surface area contributed by atoms with Crippen molar-refractivity contribution in [2.45, 2.75) is 56.3 Å². The third kappa shape index (κ3) is 5.55. The number of carbonyl (C=O) groups is 1. The molecule has 0 aliphatic heterocycles. The molecule has 38 heavy (non-hydrogen) atoms. The van der Waals surface area contributed by atoms with Crippen LogP contribution in [0.5, 0.6) is 5.75 Å². The lowest BCUT2D eigenvalue weighted by atomic mass is 9.96. The Morgan fingerprint density at radius 1 is 1.00 bits per heavy atom. The van der Waals surface area contributed by atoms with Gasteiger partial charge >= 0.3 is 5.97 Å². The number of para-hydroxylation sites is 1. The number of rotatable bonds is 8. The molecular formula is C32H32N2O3S. The van der Waals surface area contributed by atoms with E-state index in [0.29, 0.717) is 13.0 Å². The molecular weight excluding hydrogens is 492 g/mol. The number of hydrogen-bond acceptors (Lipinski definition) is 4. The molecule has 3 aromatic carbocycles. The minimum Gasteiger partial charge on any atom is -0.487 e. The molecule has 5 nitrogen and oxygen atoms in total. The number of nitrogens with zero attached hydrogens (tertiary/aromatic N) is 1. The van der Waals surface area contributed by atoms with Crippen molar-refractivity contribution in [2.75, 3.05) is 0 Å². The lowest BCUT2D eigenvalue weighted by Crippen LogP contribution is -2.17. The molecule has 0 saturated carbocycles. The Morgan fingerprint density at radius 2 is 1.74 bits per heavy atom. The lowest BCUT2D eigenvalue weighted by molar-refractivity contribution is -0.138. The number of aryl methyl sites for hydroxylation is 1. The average Bonchev–Trinajstić information content (AvgIpc) is 3.24. The number of ether oxygens (including phenoxy) is 1. The molecule has 0 bridgehead atoms. The van der Waals surface area contributed by atoms with Crippen molar-refractivity contribution in [1.29, 1.82) is 0 Å². The van der Waals surface area contributed by atoms with Gasteiger partial charge in [-0.15, -0.1) is 11.8 Å². The van der Waals surface area contributed by atoms with Gasteiger partial charge in [-0.25, -0.2) is 4.98 Å². The Morgan fingerprint density at radius 3 is 2.47 bits per heavy atom. The summed E-state index contributed by atoms with van der Waals surface area (Å²) in [6.07, 6.45) is 0.413. The quantitative estimate of drug-likeness (QED) is 0.202. The van der Waals surface area contributed by atoms with Crippen LogP contribution in [0.3, 0.4) is 0 Å². The van der Waals surface area contributed by atoms with Crippen LogP contribution >= 0.6 is 11.8 Å². The van der Waals surface area contributed by atoms with E-state index in [1.54, 1.807) is 11.8 Å². The van der Waals surface area contributed by atoms with Gasteiger partial charge in [0.25, 0.3) is 0 Å². The molecule has 0 spiro atoms. The van der Waals surface area contributed by atoms with Crippen molar-refractivity contribution in [3.05, 3.63) is 101 Å². The van der Waals surface area contributed by atoms with Crippen LogP contribution in [-0.4, -0.2) is 25.8 Å². The molecule has 0 amide bonds. The highest BCUT2D eigenvalue weighted by molar-refractivity contribution is 8.00. The number of hydrogen-bond donors (Lipinski definition) is 2. The van der Waals surface area contributed by atoms with Gasteiger partial charge in [-0.2, -0.15) is 0 Å². The Hall–Kier alpha value is -3.77. The van der Waals surface area contributed by atoms with Gasteiger partial charge in [0.15, 0.2) is 0 Å². The van der Waals surface area contributed by atoms with Crippen molar-refractivity contribution >= 4 is 39.5 Å². The van der Waals surface area contributed by atoms with E-state index in [1.165, 1.54) is 0 Å². The molecule has 2 aromatic heterocycles. The van der Waals surface area contributed by atoms with Crippen LogP contribution in [0, 0.1) is 6.92 Å². The highest BCUT2D eigenvalue weighted by Gasteiger charge is 2.30. The van der Waals surface area contributed by atoms with E-state index in [2.05, 4.69) is 31.8 Å². The topological polar surface area (TPSA) is 75.2 Å². The smallest absolute Gasteiger partial charge is 0.312 e. The van der Waals surface area contributed by atoms with E-state index in [9.17, 15) is 9.90 Å². The van der Waals surface area contributed by atoms with Crippen molar-refractivity contribution in [3.8, 4) is 5.75 Å². The highest BCUT2D eigenvalue weighted by atomic mass is 32.2. The normalized spacial score (nSPS) is 12.6. The van der Waals surface area contributed by atoms with Gasteiger partial charge in [-0.05, 0) is 43.2 Å². The maximum Gasteiger partial charge on any atom is 0.312 e. The fourth-order valence-electron chi connectivity index (χ4n) is 4.74. The Balaban J connectivity index is 1.53. The summed E-state index contributed by atoms with van der Waals surface area (Å²) in [5.41, 5.74) is 5.44. The first-order valence-corrected chi connectivity index (χ1v) is 13.6. The number of aliphatic carboxylic acids is 1. The monoisotopic (exact) mass is 524 g/mol. The number of nitrogens with one attached hydrogen (secondary N) is 1. The van der Waals surface area contributed by atoms with Gasteiger partial charge in [-0.3, -0.25) is 4.79 Å². The second-order valence-electron chi connectivity index (χ2n) is 10.6. The van der Waals surface area contributed by atoms with E-state index in [4.69, 9.17) is 9.72 Å². The van der Waals surface area contributed by atoms with Crippen LogP contribution < -0.4 is 4.74 Å². The zero-order valence-corrected chi connectivity index (χ0v) is 22.9. The molecule has 6 heteroatoms. The number of carboxylic acid groups (broad SMARTS) is 1. The number of aromatic nitrogens is 2. The predicted molar refractivity (Wildman–Crippen MR) is 155 cm³/mol. The summed E-state index contributed by atoms with van der Waals surface area (Å²) in [6.45, 7) is 8.84. The van der Waals surface area contributed by atoms with Gasteiger partial charge in [0.2, 0.25) is 0 Å². The molecule has 0 radical (unpaired) electrons. The Labute approximate surface area is 227 Å². The van der Waals surface area contributed by atoms with E-state index >= 15 is 0 Å². The zero-order valence-electron chi connectivity index (χ0n) is 22.1. The summed E-state index contributed by atoms with van der Waals surface area (Å²) in [6, 6.07) is 25.8. The number of benzene rings is 3. The van der Waals surface area contributed by atoms with Crippen LogP contribution in [0.15, 0.2) is 83.8 Å². The second kappa shape index (κ2) is 10.5. The third-order valence-electron chi connectivity index (χ3n) is 6.53. The van der Waals surface area contributed by atoms with E-state index in [0.717, 1.165) is 55.0 Å². The first kappa shape index (κ1) is 25.9. The number of thioether (sulfide) groups is 1. The summed E-state index contributed by atoms with van der Waals surface area (Å²) in [7, 11) is 0. The maximum absolute atomic E-state index is 12.5. The minimum atomic E-state index is -0.840. The Bertz CT molecular complexity index is 1600. The van der Waals surface area contributed by atoms with Crippen LogP contribution in [0.4, 0.5) is 0 Å². The first-order chi connectivity index (χ1) is 18.2.